The Kier molecular flexibility index (Phi) is 3.34. The molecule has 0 saturated heterocycles. The number of pyridine rings is 1. The summed E-state index contributed by atoms with van der Waals surface area (Å²) >= 11 is 1.53. The largest absolute Gasteiger partial charge is 0.464 e. The van der Waals surface area contributed by atoms with E-state index in [0.29, 0.717) is 18.1 Å². The second-order valence-corrected chi connectivity index (χ2v) is 5.73. The van der Waals surface area contributed by atoms with Crippen LogP contribution in [0.15, 0.2) is 35.8 Å². The van der Waals surface area contributed by atoms with E-state index in [0.717, 1.165) is 4.88 Å². The summed E-state index contributed by atoms with van der Waals surface area (Å²) in [4.78, 5) is 29.5. The normalized spacial score (nSPS) is 20.1. The number of fused-ring (bicyclic) bond motifs is 1. The number of aromatic nitrogens is 1. The molecule has 108 valence electrons. The van der Waals surface area contributed by atoms with Crippen LogP contribution in [0.4, 0.5) is 5.82 Å². The van der Waals surface area contributed by atoms with Gasteiger partial charge in [-0.3, -0.25) is 9.59 Å². The van der Waals surface area contributed by atoms with Crippen molar-refractivity contribution in [3.8, 4) is 5.75 Å². The van der Waals surface area contributed by atoms with Gasteiger partial charge in [0.2, 0.25) is 0 Å². The van der Waals surface area contributed by atoms with Gasteiger partial charge < -0.3 is 15.4 Å². The molecule has 0 fully saturated rings. The molecule has 21 heavy (non-hydrogen) atoms. The number of rotatable bonds is 3. The minimum atomic E-state index is -1.60. The van der Waals surface area contributed by atoms with Crippen LogP contribution in [0.3, 0.4) is 0 Å². The highest BCUT2D eigenvalue weighted by Gasteiger charge is 2.47. The van der Waals surface area contributed by atoms with Crippen molar-refractivity contribution in [1.29, 1.82) is 0 Å². The molecule has 0 unspecified atom stereocenters. The molecule has 1 atom stereocenters. The lowest BCUT2D eigenvalue weighted by Crippen LogP contribution is -2.58. The molecule has 0 aliphatic carbocycles. The van der Waals surface area contributed by atoms with E-state index in [2.05, 4.69) is 15.6 Å². The second-order valence-electron chi connectivity index (χ2n) is 4.70. The molecule has 0 radical (unpaired) electrons. The fourth-order valence-electron chi connectivity index (χ4n) is 1.96. The molecule has 1 aliphatic heterocycles. The Bertz CT molecular complexity index is 687. The second kappa shape index (κ2) is 5.17. The van der Waals surface area contributed by atoms with Crippen LogP contribution in [0.5, 0.6) is 5.75 Å². The Labute approximate surface area is 125 Å². The molecule has 2 amide bonds. The van der Waals surface area contributed by atoms with Gasteiger partial charge in [0.1, 0.15) is 0 Å². The maximum absolute atomic E-state index is 12.3. The molecular formula is C14H13N3O3S. The van der Waals surface area contributed by atoms with Gasteiger partial charge in [-0.1, -0.05) is 6.07 Å². The van der Waals surface area contributed by atoms with E-state index in [4.69, 9.17) is 4.74 Å². The van der Waals surface area contributed by atoms with Crippen molar-refractivity contribution in [1.82, 2.24) is 10.3 Å². The van der Waals surface area contributed by atoms with Crippen molar-refractivity contribution >= 4 is 29.0 Å². The first-order valence-corrected chi connectivity index (χ1v) is 7.24. The van der Waals surface area contributed by atoms with Gasteiger partial charge in [0.05, 0.1) is 6.54 Å². The Morgan fingerprint density at radius 3 is 3.10 bits per heavy atom. The highest BCUT2D eigenvalue weighted by Crippen LogP contribution is 2.31. The number of hydrogen-bond donors (Lipinski definition) is 2. The molecule has 0 aromatic carbocycles. The first kappa shape index (κ1) is 13.6. The van der Waals surface area contributed by atoms with Crippen LogP contribution in [0, 0.1) is 0 Å². The zero-order chi connectivity index (χ0) is 14.9. The van der Waals surface area contributed by atoms with Crippen molar-refractivity contribution in [2.24, 2.45) is 0 Å². The van der Waals surface area contributed by atoms with E-state index in [1.165, 1.54) is 18.3 Å². The molecule has 3 rings (SSSR count). The first-order valence-electron chi connectivity index (χ1n) is 6.36. The van der Waals surface area contributed by atoms with Crippen LogP contribution in [0.25, 0.3) is 0 Å². The van der Waals surface area contributed by atoms with Gasteiger partial charge in [-0.2, -0.15) is 0 Å². The third kappa shape index (κ3) is 2.47. The van der Waals surface area contributed by atoms with E-state index < -0.39 is 17.4 Å². The number of nitrogens with zero attached hydrogens (tertiary/aromatic N) is 1. The van der Waals surface area contributed by atoms with Gasteiger partial charge in [-0.15, -0.1) is 11.3 Å². The van der Waals surface area contributed by atoms with Gasteiger partial charge in [0.15, 0.2) is 11.6 Å². The molecular weight excluding hydrogens is 290 g/mol. The smallest absolute Gasteiger partial charge is 0.279 e. The van der Waals surface area contributed by atoms with Gasteiger partial charge in [-0.05, 0) is 30.5 Å². The van der Waals surface area contributed by atoms with Crippen LogP contribution in [0.2, 0.25) is 0 Å². The fourth-order valence-corrected chi connectivity index (χ4v) is 2.60. The molecule has 0 saturated carbocycles. The third-order valence-electron chi connectivity index (χ3n) is 3.19. The Balaban J connectivity index is 1.77. The number of carbonyl (C=O) groups is 2. The van der Waals surface area contributed by atoms with Crippen molar-refractivity contribution < 1.29 is 14.3 Å². The van der Waals surface area contributed by atoms with Crippen LogP contribution < -0.4 is 15.4 Å². The molecule has 0 spiro atoms. The average molecular weight is 303 g/mol. The zero-order valence-electron chi connectivity index (χ0n) is 11.3. The molecule has 7 heteroatoms. The molecule has 2 aromatic rings. The minimum absolute atomic E-state index is 0.325. The SMILES string of the molecule is C[C@]1(C(=O)NCc2cccs2)Oc2cccnc2NC1=O. The molecule has 2 N–H and O–H groups in total. The number of carbonyl (C=O) groups excluding carboxylic acids is 2. The van der Waals surface area contributed by atoms with Crippen molar-refractivity contribution in [3.63, 3.8) is 0 Å². The van der Waals surface area contributed by atoms with E-state index in [9.17, 15) is 9.59 Å². The van der Waals surface area contributed by atoms with Gasteiger partial charge in [-0.25, -0.2) is 4.98 Å². The third-order valence-corrected chi connectivity index (χ3v) is 4.06. The number of anilines is 1. The number of ether oxygens (including phenoxy) is 1. The zero-order valence-corrected chi connectivity index (χ0v) is 12.1. The van der Waals surface area contributed by atoms with Crippen molar-refractivity contribution in [2.75, 3.05) is 5.32 Å². The summed E-state index contributed by atoms with van der Waals surface area (Å²) < 4.78 is 5.58. The van der Waals surface area contributed by atoms with Gasteiger partial charge in [0, 0.05) is 11.1 Å². The van der Waals surface area contributed by atoms with Crippen molar-refractivity contribution in [2.45, 2.75) is 19.1 Å². The molecule has 0 bridgehead atoms. The molecule has 1 aliphatic rings. The summed E-state index contributed by atoms with van der Waals surface area (Å²) in [5.74, 6) is -0.308. The van der Waals surface area contributed by atoms with Crippen molar-refractivity contribution in [3.05, 3.63) is 40.7 Å². The lowest BCUT2D eigenvalue weighted by molar-refractivity contribution is -0.146. The Morgan fingerprint density at radius 1 is 1.48 bits per heavy atom. The standard InChI is InChI=1S/C14H13N3O3S/c1-14(12(18)16-8-9-4-3-7-21-9)13(19)17-11-10(20-14)5-2-6-15-11/h2-7H,8H2,1H3,(H,16,18)(H,15,17,19)/t14-/m1/s1. The maximum atomic E-state index is 12.3. The topological polar surface area (TPSA) is 80.3 Å². The predicted molar refractivity (Wildman–Crippen MR) is 78.1 cm³/mol. The molecule has 6 nitrogen and oxygen atoms in total. The number of nitrogens with one attached hydrogen (secondary N) is 2. The van der Waals surface area contributed by atoms with Gasteiger partial charge >= 0.3 is 0 Å². The average Bonchev–Trinajstić information content (AvgIpc) is 2.99. The summed E-state index contributed by atoms with van der Waals surface area (Å²) in [5, 5.41) is 7.24. The summed E-state index contributed by atoms with van der Waals surface area (Å²) in [6.45, 7) is 1.81. The number of thiophene rings is 1. The van der Waals surface area contributed by atoms with Crippen LogP contribution in [-0.2, 0) is 16.1 Å². The van der Waals surface area contributed by atoms with Crippen LogP contribution in [0.1, 0.15) is 11.8 Å². The van der Waals surface area contributed by atoms with E-state index in [-0.39, 0.29) is 0 Å². The Hall–Kier alpha value is -2.41. The van der Waals surface area contributed by atoms with E-state index >= 15 is 0 Å². The highest BCUT2D eigenvalue weighted by atomic mass is 32.1. The molecule has 3 heterocycles. The van der Waals surface area contributed by atoms with Gasteiger partial charge in [0.25, 0.3) is 17.4 Å². The first-order chi connectivity index (χ1) is 10.1. The summed E-state index contributed by atoms with van der Waals surface area (Å²) in [7, 11) is 0. The predicted octanol–water partition coefficient (Wildman–Crippen LogP) is 1.55. The number of amides is 2. The summed E-state index contributed by atoms with van der Waals surface area (Å²) in [6, 6.07) is 7.15. The quantitative estimate of drug-likeness (QED) is 0.843. The minimum Gasteiger partial charge on any atom is -0.464 e. The maximum Gasteiger partial charge on any atom is 0.279 e. The Morgan fingerprint density at radius 2 is 2.33 bits per heavy atom. The van der Waals surface area contributed by atoms with E-state index in [1.807, 2.05) is 17.5 Å². The summed E-state index contributed by atoms with van der Waals surface area (Å²) in [6.07, 6.45) is 1.54. The lowest BCUT2D eigenvalue weighted by atomic mass is 10.0. The van der Waals surface area contributed by atoms with Crippen LogP contribution >= 0.6 is 11.3 Å². The lowest BCUT2D eigenvalue weighted by Gasteiger charge is -2.32. The van der Waals surface area contributed by atoms with E-state index in [1.54, 1.807) is 18.3 Å². The number of hydrogen-bond acceptors (Lipinski definition) is 5. The fraction of sp³-hybridized carbons (Fsp3) is 0.214. The van der Waals surface area contributed by atoms with Crippen LogP contribution in [-0.4, -0.2) is 22.4 Å². The highest BCUT2D eigenvalue weighted by molar-refractivity contribution is 7.09. The summed E-state index contributed by atoms with van der Waals surface area (Å²) in [5.41, 5.74) is -1.60. The molecule has 2 aromatic heterocycles. The monoisotopic (exact) mass is 303 g/mol.